The van der Waals surface area contributed by atoms with E-state index < -0.39 is 5.97 Å². The molecule has 3 heteroatoms. The van der Waals surface area contributed by atoms with Crippen LogP contribution in [0.4, 0.5) is 0 Å². The van der Waals surface area contributed by atoms with Gasteiger partial charge in [0.1, 0.15) is 5.58 Å². The Morgan fingerprint density at radius 3 is 2.59 bits per heavy atom. The third-order valence-electron chi connectivity index (χ3n) is 4.51. The van der Waals surface area contributed by atoms with Crippen molar-refractivity contribution in [3.8, 4) is 11.1 Å². The summed E-state index contributed by atoms with van der Waals surface area (Å²) in [7, 11) is 0. The van der Waals surface area contributed by atoms with E-state index in [0.717, 1.165) is 35.8 Å². The van der Waals surface area contributed by atoms with Gasteiger partial charge in [-0.2, -0.15) is 0 Å². The van der Waals surface area contributed by atoms with E-state index in [4.69, 9.17) is 4.42 Å². The first-order valence-electron chi connectivity index (χ1n) is 7.53. The van der Waals surface area contributed by atoms with Crippen LogP contribution in [0.3, 0.4) is 0 Å². The molecule has 1 heterocycles. The Morgan fingerprint density at radius 1 is 1.14 bits per heavy atom. The molecule has 1 N–H and O–H groups in total. The van der Waals surface area contributed by atoms with E-state index in [9.17, 15) is 9.90 Å². The number of hydrogen-bond acceptors (Lipinski definition) is 2. The van der Waals surface area contributed by atoms with Crippen molar-refractivity contribution in [1.82, 2.24) is 0 Å². The third-order valence-corrected chi connectivity index (χ3v) is 4.51. The van der Waals surface area contributed by atoms with Crippen LogP contribution >= 0.6 is 0 Å². The molecule has 0 bridgehead atoms. The minimum absolute atomic E-state index is 0.0352. The van der Waals surface area contributed by atoms with Gasteiger partial charge in [0.05, 0.1) is 0 Å². The molecule has 0 unspecified atom stereocenters. The highest BCUT2D eigenvalue weighted by Gasteiger charge is 2.24. The van der Waals surface area contributed by atoms with Crippen LogP contribution in [-0.2, 0) is 12.8 Å². The van der Waals surface area contributed by atoms with Gasteiger partial charge in [0.25, 0.3) is 0 Å². The van der Waals surface area contributed by atoms with E-state index in [-0.39, 0.29) is 5.76 Å². The number of fused-ring (bicyclic) bond motifs is 2. The van der Waals surface area contributed by atoms with E-state index in [1.54, 1.807) is 0 Å². The van der Waals surface area contributed by atoms with Crippen molar-refractivity contribution in [1.29, 1.82) is 0 Å². The average molecular weight is 292 g/mol. The lowest BCUT2D eigenvalue weighted by atomic mass is 9.96. The number of aryl methyl sites for hydroxylation is 3. The van der Waals surface area contributed by atoms with Gasteiger partial charge in [-0.15, -0.1) is 0 Å². The molecule has 2 aromatic carbocycles. The summed E-state index contributed by atoms with van der Waals surface area (Å²) in [4.78, 5) is 11.6. The molecule has 3 aromatic rings. The molecule has 4 rings (SSSR count). The smallest absolute Gasteiger partial charge is 0.372 e. The van der Waals surface area contributed by atoms with Gasteiger partial charge in [-0.25, -0.2) is 4.79 Å². The standard InChI is InChI=1S/C19H16O3/c1-11-5-2-3-8-14(11)17-15-9-12-6-4-7-13(12)10-16(15)22-18(17)19(20)21/h2-3,5,8-10H,4,6-7H2,1H3,(H,20,21). The van der Waals surface area contributed by atoms with Gasteiger partial charge in [-0.3, -0.25) is 0 Å². The summed E-state index contributed by atoms with van der Waals surface area (Å²) in [6, 6.07) is 12.0. The topological polar surface area (TPSA) is 50.4 Å². The maximum atomic E-state index is 11.6. The molecule has 0 aliphatic heterocycles. The average Bonchev–Trinajstić information content (AvgIpc) is 3.09. The van der Waals surface area contributed by atoms with Gasteiger partial charge in [-0.1, -0.05) is 24.3 Å². The summed E-state index contributed by atoms with van der Waals surface area (Å²) in [5.41, 5.74) is 5.96. The van der Waals surface area contributed by atoms with Crippen LogP contribution in [0.1, 0.15) is 33.7 Å². The molecule has 3 nitrogen and oxygen atoms in total. The number of hydrogen-bond donors (Lipinski definition) is 1. The molecule has 0 radical (unpaired) electrons. The molecule has 0 spiro atoms. The van der Waals surface area contributed by atoms with Crippen molar-refractivity contribution < 1.29 is 14.3 Å². The second kappa shape index (κ2) is 4.73. The predicted octanol–water partition coefficient (Wildman–Crippen LogP) is 4.60. The highest BCUT2D eigenvalue weighted by atomic mass is 16.4. The van der Waals surface area contributed by atoms with E-state index in [0.29, 0.717) is 11.1 Å². The van der Waals surface area contributed by atoms with Crippen molar-refractivity contribution in [2.75, 3.05) is 0 Å². The Hall–Kier alpha value is -2.55. The van der Waals surface area contributed by atoms with Crippen LogP contribution in [0.2, 0.25) is 0 Å². The zero-order valence-electron chi connectivity index (χ0n) is 12.3. The Kier molecular flexibility index (Phi) is 2.83. The number of benzene rings is 2. The first kappa shape index (κ1) is 13.1. The van der Waals surface area contributed by atoms with Crippen LogP contribution < -0.4 is 0 Å². The summed E-state index contributed by atoms with van der Waals surface area (Å²) in [5.74, 6) is -0.984. The minimum atomic E-state index is -1.02. The van der Waals surface area contributed by atoms with Crippen molar-refractivity contribution in [3.63, 3.8) is 0 Å². The maximum absolute atomic E-state index is 11.6. The Bertz CT molecular complexity index is 902. The fourth-order valence-corrected chi connectivity index (χ4v) is 3.44. The van der Waals surface area contributed by atoms with Gasteiger partial charge in [-0.05, 0) is 60.6 Å². The van der Waals surface area contributed by atoms with Crippen molar-refractivity contribution in [3.05, 3.63) is 58.8 Å². The Balaban J connectivity index is 2.09. The lowest BCUT2D eigenvalue weighted by molar-refractivity contribution is 0.0666. The summed E-state index contributed by atoms with van der Waals surface area (Å²) < 4.78 is 5.70. The number of carboxylic acid groups (broad SMARTS) is 1. The number of furan rings is 1. The summed E-state index contributed by atoms with van der Waals surface area (Å²) >= 11 is 0. The predicted molar refractivity (Wildman–Crippen MR) is 85.4 cm³/mol. The SMILES string of the molecule is Cc1ccccc1-c1c(C(=O)O)oc2cc3c(cc12)CCC3. The fourth-order valence-electron chi connectivity index (χ4n) is 3.44. The lowest BCUT2D eigenvalue weighted by Gasteiger charge is -2.05. The molecular formula is C19H16O3. The van der Waals surface area contributed by atoms with E-state index in [1.165, 1.54) is 11.1 Å². The van der Waals surface area contributed by atoms with Crippen molar-refractivity contribution >= 4 is 16.9 Å². The highest BCUT2D eigenvalue weighted by Crippen LogP contribution is 2.39. The molecule has 110 valence electrons. The lowest BCUT2D eigenvalue weighted by Crippen LogP contribution is -1.97. The van der Waals surface area contributed by atoms with Gasteiger partial charge >= 0.3 is 5.97 Å². The Morgan fingerprint density at radius 2 is 1.86 bits per heavy atom. The summed E-state index contributed by atoms with van der Waals surface area (Å²) in [6.45, 7) is 1.99. The molecule has 0 amide bonds. The molecular weight excluding hydrogens is 276 g/mol. The number of carboxylic acids is 1. The van der Waals surface area contributed by atoms with E-state index in [2.05, 4.69) is 6.07 Å². The largest absolute Gasteiger partial charge is 0.475 e. The summed E-state index contributed by atoms with van der Waals surface area (Å²) in [6.07, 6.45) is 3.27. The number of rotatable bonds is 2. The Labute approximate surface area is 128 Å². The van der Waals surface area contributed by atoms with E-state index in [1.807, 2.05) is 37.3 Å². The van der Waals surface area contributed by atoms with Crippen LogP contribution in [0.5, 0.6) is 0 Å². The van der Waals surface area contributed by atoms with Crippen LogP contribution in [0, 0.1) is 6.92 Å². The van der Waals surface area contributed by atoms with Crippen LogP contribution in [-0.4, -0.2) is 11.1 Å². The van der Waals surface area contributed by atoms with E-state index >= 15 is 0 Å². The van der Waals surface area contributed by atoms with Crippen molar-refractivity contribution in [2.24, 2.45) is 0 Å². The number of carbonyl (C=O) groups is 1. The maximum Gasteiger partial charge on any atom is 0.372 e. The normalized spacial score (nSPS) is 13.5. The first-order valence-corrected chi connectivity index (χ1v) is 7.53. The fraction of sp³-hybridized carbons (Fsp3) is 0.211. The highest BCUT2D eigenvalue weighted by molar-refractivity contribution is 6.06. The first-order chi connectivity index (χ1) is 10.6. The van der Waals surface area contributed by atoms with Gasteiger partial charge in [0.2, 0.25) is 5.76 Å². The monoisotopic (exact) mass is 292 g/mol. The second-order valence-corrected chi connectivity index (χ2v) is 5.90. The van der Waals surface area contributed by atoms with Gasteiger partial charge in [0.15, 0.2) is 0 Å². The molecule has 22 heavy (non-hydrogen) atoms. The number of aromatic carboxylic acids is 1. The molecule has 1 aliphatic rings. The molecule has 0 saturated heterocycles. The second-order valence-electron chi connectivity index (χ2n) is 5.90. The van der Waals surface area contributed by atoms with Crippen molar-refractivity contribution in [2.45, 2.75) is 26.2 Å². The molecule has 0 fully saturated rings. The van der Waals surface area contributed by atoms with Crippen LogP contribution in [0.25, 0.3) is 22.1 Å². The molecule has 0 saturated carbocycles. The molecule has 1 aromatic heterocycles. The molecule has 0 atom stereocenters. The quantitative estimate of drug-likeness (QED) is 0.751. The third kappa shape index (κ3) is 1.86. The minimum Gasteiger partial charge on any atom is -0.475 e. The van der Waals surface area contributed by atoms with Gasteiger partial charge in [0, 0.05) is 10.9 Å². The summed E-state index contributed by atoms with van der Waals surface area (Å²) in [5, 5.41) is 10.4. The molecule has 1 aliphatic carbocycles. The zero-order valence-corrected chi connectivity index (χ0v) is 12.3. The zero-order chi connectivity index (χ0) is 15.3. The van der Waals surface area contributed by atoms with Crippen LogP contribution in [0.15, 0.2) is 40.8 Å². The van der Waals surface area contributed by atoms with Gasteiger partial charge < -0.3 is 9.52 Å².